The third-order valence-corrected chi connectivity index (χ3v) is 3.53. The maximum atomic E-state index is 11.3. The molecule has 2 aromatic rings. The quantitative estimate of drug-likeness (QED) is 0.902. The molecule has 1 heterocycles. The van der Waals surface area contributed by atoms with E-state index in [2.05, 4.69) is 15.5 Å². The average molecular weight is 319 g/mol. The Hall–Kier alpha value is -1.23. The molecule has 1 aromatic carbocycles. The van der Waals surface area contributed by atoms with Crippen molar-refractivity contribution in [1.29, 1.82) is 0 Å². The maximum Gasteiger partial charge on any atom is 0.285 e. The predicted octanol–water partition coefficient (Wildman–Crippen LogP) is 3.90. The SMILES string of the molecule is CC(Nc1cn[nH]c(=O)c1Cl)c1ccc(Cl)cc1Cl. The summed E-state index contributed by atoms with van der Waals surface area (Å²) in [5.74, 6) is 0. The van der Waals surface area contributed by atoms with Crippen molar-refractivity contribution >= 4 is 40.5 Å². The minimum atomic E-state index is -0.443. The maximum absolute atomic E-state index is 11.3. The Labute approximate surface area is 124 Å². The van der Waals surface area contributed by atoms with E-state index in [1.54, 1.807) is 12.1 Å². The molecule has 0 fully saturated rings. The Bertz CT molecular complexity index is 657. The first kappa shape index (κ1) is 14.2. The van der Waals surface area contributed by atoms with Crippen molar-refractivity contribution in [3.8, 4) is 0 Å². The number of benzene rings is 1. The number of rotatable bonds is 3. The van der Waals surface area contributed by atoms with Crippen LogP contribution in [-0.2, 0) is 0 Å². The van der Waals surface area contributed by atoms with Gasteiger partial charge in [-0.3, -0.25) is 4.79 Å². The zero-order valence-corrected chi connectivity index (χ0v) is 12.1. The van der Waals surface area contributed by atoms with Gasteiger partial charge in [-0.2, -0.15) is 5.10 Å². The van der Waals surface area contributed by atoms with Crippen molar-refractivity contribution in [2.45, 2.75) is 13.0 Å². The molecule has 0 amide bonds. The molecule has 100 valence electrons. The van der Waals surface area contributed by atoms with E-state index in [-0.39, 0.29) is 11.1 Å². The van der Waals surface area contributed by atoms with E-state index in [4.69, 9.17) is 34.8 Å². The van der Waals surface area contributed by atoms with Crippen LogP contribution in [0.4, 0.5) is 5.69 Å². The summed E-state index contributed by atoms with van der Waals surface area (Å²) in [6.07, 6.45) is 1.45. The zero-order chi connectivity index (χ0) is 14.0. The highest BCUT2D eigenvalue weighted by molar-refractivity contribution is 6.35. The Morgan fingerprint density at radius 3 is 2.74 bits per heavy atom. The van der Waals surface area contributed by atoms with Crippen molar-refractivity contribution in [2.75, 3.05) is 5.32 Å². The van der Waals surface area contributed by atoms with E-state index < -0.39 is 5.56 Å². The Morgan fingerprint density at radius 1 is 1.32 bits per heavy atom. The van der Waals surface area contributed by atoms with E-state index in [0.29, 0.717) is 15.7 Å². The van der Waals surface area contributed by atoms with Gasteiger partial charge in [0.25, 0.3) is 5.56 Å². The Balaban J connectivity index is 2.28. The molecule has 0 radical (unpaired) electrons. The molecule has 0 saturated carbocycles. The predicted molar refractivity (Wildman–Crippen MR) is 78.4 cm³/mol. The number of anilines is 1. The minimum Gasteiger partial charge on any atom is -0.376 e. The van der Waals surface area contributed by atoms with Gasteiger partial charge in [0.15, 0.2) is 0 Å². The molecule has 0 aliphatic rings. The molecule has 0 spiro atoms. The lowest BCUT2D eigenvalue weighted by Gasteiger charge is -2.17. The van der Waals surface area contributed by atoms with Crippen molar-refractivity contribution in [1.82, 2.24) is 10.2 Å². The highest BCUT2D eigenvalue weighted by atomic mass is 35.5. The van der Waals surface area contributed by atoms with E-state index >= 15 is 0 Å². The first-order chi connectivity index (χ1) is 8.99. The van der Waals surface area contributed by atoms with E-state index in [1.165, 1.54) is 6.20 Å². The molecule has 1 unspecified atom stereocenters. The van der Waals surface area contributed by atoms with Gasteiger partial charge in [0.2, 0.25) is 0 Å². The van der Waals surface area contributed by atoms with Crippen LogP contribution in [0.3, 0.4) is 0 Å². The first-order valence-corrected chi connectivity index (χ1v) is 6.57. The van der Waals surface area contributed by atoms with Crippen LogP contribution in [0.5, 0.6) is 0 Å². The number of aromatic nitrogens is 2. The normalized spacial score (nSPS) is 12.2. The molecule has 2 N–H and O–H groups in total. The molecule has 1 aromatic heterocycles. The lowest BCUT2D eigenvalue weighted by Crippen LogP contribution is -2.14. The summed E-state index contributed by atoms with van der Waals surface area (Å²) in [6, 6.07) is 5.08. The van der Waals surface area contributed by atoms with Crippen LogP contribution in [-0.4, -0.2) is 10.2 Å². The second-order valence-corrected chi connectivity index (χ2v) is 5.18. The van der Waals surface area contributed by atoms with Gasteiger partial charge >= 0.3 is 0 Å². The van der Waals surface area contributed by atoms with Gasteiger partial charge in [0, 0.05) is 10.0 Å². The van der Waals surface area contributed by atoms with Gasteiger partial charge in [-0.15, -0.1) is 0 Å². The molecule has 0 saturated heterocycles. The minimum absolute atomic E-state index is 0.0620. The van der Waals surface area contributed by atoms with Crippen LogP contribution in [0.1, 0.15) is 18.5 Å². The summed E-state index contributed by atoms with van der Waals surface area (Å²) in [5.41, 5.74) is 0.854. The third-order valence-electron chi connectivity index (χ3n) is 2.60. The van der Waals surface area contributed by atoms with E-state index in [9.17, 15) is 4.79 Å². The summed E-state index contributed by atoms with van der Waals surface area (Å²) in [4.78, 5) is 11.3. The number of nitrogens with zero attached hydrogens (tertiary/aromatic N) is 1. The topological polar surface area (TPSA) is 57.8 Å². The van der Waals surface area contributed by atoms with Crippen LogP contribution < -0.4 is 10.9 Å². The lowest BCUT2D eigenvalue weighted by atomic mass is 10.1. The average Bonchev–Trinajstić information content (AvgIpc) is 2.34. The summed E-state index contributed by atoms with van der Waals surface area (Å²) >= 11 is 17.9. The van der Waals surface area contributed by atoms with Crippen LogP contribution in [0.2, 0.25) is 15.1 Å². The Morgan fingerprint density at radius 2 is 2.05 bits per heavy atom. The monoisotopic (exact) mass is 317 g/mol. The van der Waals surface area contributed by atoms with Gasteiger partial charge in [-0.05, 0) is 24.6 Å². The van der Waals surface area contributed by atoms with Crippen molar-refractivity contribution < 1.29 is 0 Å². The number of H-pyrrole nitrogens is 1. The van der Waals surface area contributed by atoms with Gasteiger partial charge in [0.1, 0.15) is 5.02 Å². The molecular weight excluding hydrogens is 309 g/mol. The molecule has 4 nitrogen and oxygen atoms in total. The third kappa shape index (κ3) is 3.21. The van der Waals surface area contributed by atoms with Crippen LogP contribution in [0.15, 0.2) is 29.2 Å². The fraction of sp³-hybridized carbons (Fsp3) is 0.167. The van der Waals surface area contributed by atoms with Crippen molar-refractivity contribution in [2.24, 2.45) is 0 Å². The molecule has 0 aliphatic heterocycles. The smallest absolute Gasteiger partial charge is 0.285 e. The van der Waals surface area contributed by atoms with Crippen LogP contribution in [0.25, 0.3) is 0 Å². The molecule has 1 atom stereocenters. The van der Waals surface area contributed by atoms with E-state index in [0.717, 1.165) is 5.56 Å². The van der Waals surface area contributed by atoms with Gasteiger partial charge in [-0.1, -0.05) is 40.9 Å². The number of halogens is 3. The first-order valence-electron chi connectivity index (χ1n) is 5.43. The number of nitrogens with one attached hydrogen (secondary N) is 2. The van der Waals surface area contributed by atoms with Gasteiger partial charge in [-0.25, -0.2) is 5.10 Å². The largest absolute Gasteiger partial charge is 0.376 e. The summed E-state index contributed by atoms with van der Waals surface area (Å²) in [6.45, 7) is 1.90. The molecule has 7 heteroatoms. The molecule has 0 aliphatic carbocycles. The highest BCUT2D eigenvalue weighted by Crippen LogP contribution is 2.29. The summed E-state index contributed by atoms with van der Waals surface area (Å²) < 4.78 is 0. The molecular formula is C12H10Cl3N3O. The van der Waals surface area contributed by atoms with Gasteiger partial charge in [0.05, 0.1) is 17.9 Å². The van der Waals surface area contributed by atoms with Crippen molar-refractivity contribution in [3.05, 3.63) is 55.4 Å². The molecule has 0 bridgehead atoms. The fourth-order valence-electron chi connectivity index (χ4n) is 1.65. The zero-order valence-electron chi connectivity index (χ0n) is 9.88. The molecule has 2 rings (SSSR count). The summed E-state index contributed by atoms with van der Waals surface area (Å²) in [5, 5.41) is 10.2. The number of aromatic amines is 1. The second-order valence-electron chi connectivity index (χ2n) is 3.96. The molecule has 19 heavy (non-hydrogen) atoms. The van der Waals surface area contributed by atoms with Crippen LogP contribution >= 0.6 is 34.8 Å². The summed E-state index contributed by atoms with van der Waals surface area (Å²) in [7, 11) is 0. The van der Waals surface area contributed by atoms with Crippen molar-refractivity contribution in [3.63, 3.8) is 0 Å². The lowest BCUT2D eigenvalue weighted by molar-refractivity contribution is 0.875. The number of hydrogen-bond donors (Lipinski definition) is 2. The van der Waals surface area contributed by atoms with E-state index in [1.807, 2.05) is 13.0 Å². The van der Waals surface area contributed by atoms with Crippen LogP contribution in [0, 0.1) is 0 Å². The number of hydrogen-bond acceptors (Lipinski definition) is 3. The van der Waals surface area contributed by atoms with Gasteiger partial charge < -0.3 is 5.32 Å². The standard InChI is InChI=1S/C12H10Cl3N3O/c1-6(8-3-2-7(13)4-9(8)14)17-10-5-16-18-12(19)11(10)15/h2-6H,1H3,(H2,17,18,19). The fourth-order valence-corrected chi connectivity index (χ4v) is 2.37. The second kappa shape index (κ2) is 5.82. The highest BCUT2D eigenvalue weighted by Gasteiger charge is 2.13. The Kier molecular flexibility index (Phi) is 4.34.